The van der Waals surface area contributed by atoms with Gasteiger partial charge < -0.3 is 15.7 Å². The van der Waals surface area contributed by atoms with Gasteiger partial charge in [-0.3, -0.25) is 9.79 Å². The highest BCUT2D eigenvalue weighted by atomic mass is 19.4. The lowest BCUT2D eigenvalue weighted by molar-refractivity contribution is -0.136. The number of hydrogen-bond donors (Lipinski definition) is 3. The van der Waals surface area contributed by atoms with Gasteiger partial charge in [0.25, 0.3) is 0 Å². The number of nitrogens with one attached hydrogen (secondary N) is 2. The Morgan fingerprint density at radius 2 is 1.88 bits per heavy atom. The van der Waals surface area contributed by atoms with E-state index in [1.165, 1.54) is 12.1 Å². The molecule has 0 spiro atoms. The van der Waals surface area contributed by atoms with E-state index in [4.69, 9.17) is 5.11 Å². The molecule has 5 nitrogen and oxygen atoms in total. The van der Waals surface area contributed by atoms with E-state index >= 15 is 0 Å². The van der Waals surface area contributed by atoms with Gasteiger partial charge in [0.1, 0.15) is 5.84 Å². The quantitative estimate of drug-likeness (QED) is 0.502. The van der Waals surface area contributed by atoms with Crippen molar-refractivity contribution in [3.8, 4) is 5.75 Å². The second-order valence-corrected chi connectivity index (χ2v) is 9.83. The van der Waals surface area contributed by atoms with E-state index in [2.05, 4.69) is 29.5 Å². The lowest BCUT2D eigenvalue weighted by Crippen LogP contribution is -2.53. The molecular weight excluding hydrogens is 438 g/mol. The van der Waals surface area contributed by atoms with Crippen molar-refractivity contribution in [2.45, 2.75) is 84.5 Å². The van der Waals surface area contributed by atoms with Crippen LogP contribution in [0.4, 0.5) is 17.6 Å². The van der Waals surface area contributed by atoms with Crippen LogP contribution in [0.5, 0.6) is 5.75 Å². The van der Waals surface area contributed by atoms with E-state index in [0.29, 0.717) is 11.3 Å². The van der Waals surface area contributed by atoms with E-state index in [1.54, 1.807) is 6.07 Å². The summed E-state index contributed by atoms with van der Waals surface area (Å²) in [7, 11) is 0. The Labute approximate surface area is 193 Å². The van der Waals surface area contributed by atoms with Crippen LogP contribution in [0.15, 0.2) is 23.2 Å². The highest BCUT2D eigenvalue weighted by Crippen LogP contribution is 2.48. The lowest BCUT2D eigenvalue weighted by atomic mass is 9.61. The number of carbonyl (C=O) groups is 1. The summed E-state index contributed by atoms with van der Waals surface area (Å²) in [5.74, 6) is -0.111. The summed E-state index contributed by atoms with van der Waals surface area (Å²) in [5, 5.41) is 14.4. The van der Waals surface area contributed by atoms with Crippen molar-refractivity contribution in [2.24, 2.45) is 16.3 Å². The molecule has 0 bridgehead atoms. The summed E-state index contributed by atoms with van der Waals surface area (Å²) in [6.07, 6.45) is -1.31. The Kier molecular flexibility index (Phi) is 8.41. The minimum atomic E-state index is -4.26. The van der Waals surface area contributed by atoms with E-state index in [9.17, 15) is 22.4 Å². The number of aliphatic imine (C=N–C) groups is 1. The monoisotopic (exact) mass is 473 g/mol. The molecule has 1 amide bonds. The second-order valence-electron chi connectivity index (χ2n) is 9.83. The fraction of sp³-hybridized carbons (Fsp3) is 0.667. The van der Waals surface area contributed by atoms with E-state index in [0.717, 1.165) is 37.1 Å². The van der Waals surface area contributed by atoms with E-state index < -0.39 is 42.4 Å². The number of amides is 1. The SMILES string of the molecule is CCC1(C)CC(C2=NC(C(=O)NCCC(F)(F)F)C(C)(C)N2)C1.CCc1ccc(O)c(F)c1. The highest BCUT2D eigenvalue weighted by Gasteiger charge is 2.48. The molecule has 3 N–H and O–H groups in total. The van der Waals surface area contributed by atoms with Crippen LogP contribution in [0.2, 0.25) is 0 Å². The van der Waals surface area contributed by atoms with E-state index in [1.807, 2.05) is 20.8 Å². The third-order valence-corrected chi connectivity index (χ3v) is 6.50. The maximum atomic E-state index is 12.5. The van der Waals surface area contributed by atoms with Crippen LogP contribution in [0.1, 0.15) is 65.9 Å². The number of amidine groups is 1. The van der Waals surface area contributed by atoms with Crippen molar-refractivity contribution in [3.63, 3.8) is 0 Å². The van der Waals surface area contributed by atoms with Gasteiger partial charge >= 0.3 is 6.18 Å². The van der Waals surface area contributed by atoms with Gasteiger partial charge in [-0.25, -0.2) is 4.39 Å². The van der Waals surface area contributed by atoms with Gasteiger partial charge in [0.2, 0.25) is 5.91 Å². The standard InChI is InChI=1S/C16H26F3N3O.C8H9FO/c1-5-15(4)8-10(9-15)12-21-11(14(2,3)22-12)13(23)20-7-6-16(17,18)19;1-2-6-3-4-8(10)7(9)5-6/h10-11H,5-9H2,1-4H3,(H,20,23)(H,21,22);3-5,10H,2H2,1H3. The van der Waals surface area contributed by atoms with Crippen LogP contribution in [0, 0.1) is 17.2 Å². The van der Waals surface area contributed by atoms with Crippen molar-refractivity contribution in [1.82, 2.24) is 10.6 Å². The normalized spacial score (nSPS) is 25.8. The Morgan fingerprint density at radius 3 is 2.39 bits per heavy atom. The Bertz CT molecular complexity index is 862. The number of carbonyl (C=O) groups excluding carboxylic acids is 1. The van der Waals surface area contributed by atoms with Crippen molar-refractivity contribution in [2.75, 3.05) is 6.54 Å². The molecule has 2 aliphatic rings. The maximum absolute atomic E-state index is 12.5. The zero-order valence-corrected chi connectivity index (χ0v) is 19.9. The topological polar surface area (TPSA) is 73.7 Å². The molecule has 1 heterocycles. The average molecular weight is 474 g/mol. The summed E-state index contributed by atoms with van der Waals surface area (Å²) >= 11 is 0. The molecule has 0 aromatic heterocycles. The van der Waals surface area contributed by atoms with Crippen LogP contribution in [-0.2, 0) is 11.2 Å². The Balaban J connectivity index is 0.000000321. The Hall–Kier alpha value is -2.32. The summed E-state index contributed by atoms with van der Waals surface area (Å²) in [6, 6.07) is 3.74. The van der Waals surface area contributed by atoms with Gasteiger partial charge in [0, 0.05) is 12.5 Å². The molecule has 1 aliphatic carbocycles. The molecular formula is C24H35F4N3O2. The maximum Gasteiger partial charge on any atom is 0.390 e. The second kappa shape index (κ2) is 10.3. The number of phenols is 1. The molecule has 1 saturated carbocycles. The minimum Gasteiger partial charge on any atom is -0.505 e. The summed E-state index contributed by atoms with van der Waals surface area (Å²) < 4.78 is 49.0. The summed E-state index contributed by atoms with van der Waals surface area (Å²) in [4.78, 5) is 16.7. The highest BCUT2D eigenvalue weighted by molar-refractivity contribution is 5.95. The third-order valence-electron chi connectivity index (χ3n) is 6.50. The van der Waals surface area contributed by atoms with Crippen LogP contribution in [-0.4, -0.2) is 41.2 Å². The first kappa shape index (κ1) is 26.9. The van der Waals surface area contributed by atoms with Crippen LogP contribution in [0.3, 0.4) is 0 Å². The number of phenolic OH excluding ortho intramolecular Hbond substituents is 1. The molecule has 0 saturated heterocycles. The Morgan fingerprint density at radius 1 is 1.24 bits per heavy atom. The number of benzene rings is 1. The zero-order chi connectivity index (χ0) is 25.0. The largest absolute Gasteiger partial charge is 0.505 e. The molecule has 9 heteroatoms. The number of aromatic hydroxyl groups is 1. The van der Waals surface area contributed by atoms with Crippen molar-refractivity contribution in [1.29, 1.82) is 0 Å². The minimum absolute atomic E-state index is 0.280. The molecule has 1 unspecified atom stereocenters. The van der Waals surface area contributed by atoms with Gasteiger partial charge in [-0.2, -0.15) is 13.2 Å². The van der Waals surface area contributed by atoms with Gasteiger partial charge in [-0.05, 0) is 56.2 Å². The third kappa shape index (κ3) is 7.33. The molecule has 1 aromatic carbocycles. The molecule has 1 aromatic rings. The summed E-state index contributed by atoms with van der Waals surface area (Å²) in [5.41, 5.74) is 0.664. The van der Waals surface area contributed by atoms with Gasteiger partial charge in [-0.1, -0.05) is 33.3 Å². The fourth-order valence-electron chi connectivity index (χ4n) is 4.13. The van der Waals surface area contributed by atoms with Crippen molar-refractivity contribution in [3.05, 3.63) is 29.6 Å². The van der Waals surface area contributed by atoms with E-state index in [-0.39, 0.29) is 5.75 Å². The van der Waals surface area contributed by atoms with Crippen molar-refractivity contribution >= 4 is 11.7 Å². The first-order valence-electron chi connectivity index (χ1n) is 11.4. The van der Waals surface area contributed by atoms with Gasteiger partial charge in [-0.15, -0.1) is 0 Å². The predicted octanol–water partition coefficient (Wildman–Crippen LogP) is 5.12. The van der Waals surface area contributed by atoms with Crippen LogP contribution < -0.4 is 10.6 Å². The number of halogens is 4. The zero-order valence-electron chi connectivity index (χ0n) is 19.9. The number of alkyl halides is 3. The average Bonchev–Trinajstić information content (AvgIpc) is 3.02. The first-order valence-corrected chi connectivity index (χ1v) is 11.4. The van der Waals surface area contributed by atoms with Crippen LogP contribution in [0.25, 0.3) is 0 Å². The molecule has 0 radical (unpaired) electrons. The number of hydrogen-bond acceptors (Lipinski definition) is 4. The molecule has 1 atom stereocenters. The van der Waals surface area contributed by atoms with Gasteiger partial charge in [0.05, 0.1) is 12.0 Å². The van der Waals surface area contributed by atoms with Gasteiger partial charge in [0.15, 0.2) is 17.6 Å². The molecule has 1 fully saturated rings. The van der Waals surface area contributed by atoms with Crippen LogP contribution >= 0.6 is 0 Å². The molecule has 1 aliphatic heterocycles. The number of aryl methyl sites for hydroxylation is 1. The smallest absolute Gasteiger partial charge is 0.390 e. The predicted molar refractivity (Wildman–Crippen MR) is 121 cm³/mol. The van der Waals surface area contributed by atoms with Crippen molar-refractivity contribution < 1.29 is 27.5 Å². The number of rotatable bonds is 6. The summed E-state index contributed by atoms with van der Waals surface area (Å²) in [6.45, 7) is 9.65. The fourth-order valence-corrected chi connectivity index (χ4v) is 4.13. The molecule has 186 valence electrons. The lowest BCUT2D eigenvalue weighted by Gasteiger charge is -2.45. The molecule has 33 heavy (non-hydrogen) atoms. The molecule has 3 rings (SSSR count). The first-order chi connectivity index (χ1) is 15.2. The number of nitrogens with zero attached hydrogens (tertiary/aromatic N) is 1.